The number of carbonyl (C=O) groups is 2. The second kappa shape index (κ2) is 16.5. The normalized spacial score (nSPS) is 22.6. The zero-order chi connectivity index (χ0) is 28.4. The van der Waals surface area contributed by atoms with Crippen LogP contribution in [0.15, 0.2) is 83.0 Å². The zero-order valence-corrected chi connectivity index (χ0v) is 26.5. The molecular formula is C28H36KN9O2. The number of aliphatic imine (C=N–C) groups is 1. The maximum Gasteiger partial charge on any atom is 1.00 e. The summed E-state index contributed by atoms with van der Waals surface area (Å²) in [6.07, 6.45) is 15.9. The molecule has 2 unspecified atom stereocenters. The Bertz CT molecular complexity index is 1220. The third-order valence-corrected chi connectivity index (χ3v) is 6.80. The first kappa shape index (κ1) is 33.5. The van der Waals surface area contributed by atoms with Gasteiger partial charge in [-0.25, -0.2) is 4.98 Å². The van der Waals surface area contributed by atoms with Crippen molar-refractivity contribution in [3.05, 3.63) is 83.3 Å². The van der Waals surface area contributed by atoms with E-state index in [2.05, 4.69) is 39.1 Å². The van der Waals surface area contributed by atoms with Crippen LogP contribution in [0.3, 0.4) is 0 Å². The molecule has 1 aromatic heterocycles. The molecule has 2 fully saturated rings. The van der Waals surface area contributed by atoms with E-state index in [1.165, 1.54) is 24.7 Å². The quantitative estimate of drug-likeness (QED) is 0.112. The number of allylic oxidation sites excluding steroid dienone is 5. The molecule has 6 N–H and O–H groups in total. The number of anilines is 1. The fraction of sp³-hybridized carbons (Fsp3) is 0.357. The minimum atomic E-state index is -0.308. The van der Waals surface area contributed by atoms with Gasteiger partial charge >= 0.3 is 51.4 Å². The number of aromatic nitrogens is 2. The number of rotatable bonds is 7. The van der Waals surface area contributed by atoms with Gasteiger partial charge in [0.2, 0.25) is 0 Å². The van der Waals surface area contributed by atoms with Gasteiger partial charge in [-0.1, -0.05) is 37.7 Å². The van der Waals surface area contributed by atoms with E-state index in [4.69, 9.17) is 26.7 Å². The van der Waals surface area contributed by atoms with Gasteiger partial charge in [0.25, 0.3) is 5.91 Å². The maximum absolute atomic E-state index is 12.6. The summed E-state index contributed by atoms with van der Waals surface area (Å²) in [5.74, 6) is 1.60. The number of amidine groups is 2. The molecule has 3 aliphatic rings. The summed E-state index contributed by atoms with van der Waals surface area (Å²) in [6.45, 7) is 5.32. The van der Waals surface area contributed by atoms with Crippen molar-refractivity contribution < 1.29 is 61.0 Å². The zero-order valence-electron chi connectivity index (χ0n) is 23.4. The Kier molecular flexibility index (Phi) is 13.8. The number of likely N-dealkylation sites (N-methyl/N-ethyl adjacent to an activating group) is 1. The Morgan fingerprint density at radius 3 is 2.48 bits per heavy atom. The molecule has 1 saturated heterocycles. The molecule has 2 atom stereocenters. The van der Waals surface area contributed by atoms with E-state index >= 15 is 0 Å². The van der Waals surface area contributed by atoms with E-state index < -0.39 is 0 Å². The van der Waals surface area contributed by atoms with Gasteiger partial charge in [0.15, 0.2) is 5.82 Å². The Morgan fingerprint density at radius 2 is 1.93 bits per heavy atom. The number of likely N-dealkylation sites (tertiary alicyclic amines) is 1. The summed E-state index contributed by atoms with van der Waals surface area (Å²) in [5.41, 5.74) is 14.4. The molecule has 0 bridgehead atoms. The Labute approximate surface area is 278 Å². The molecule has 0 radical (unpaired) electrons. The minimum absolute atomic E-state index is 0. The predicted octanol–water partition coefficient (Wildman–Crippen LogP) is -0.506. The van der Waals surface area contributed by atoms with Gasteiger partial charge in [-0.2, -0.15) is 0 Å². The molecule has 11 nitrogen and oxygen atoms in total. The van der Waals surface area contributed by atoms with E-state index in [9.17, 15) is 4.79 Å². The Balaban J connectivity index is 0.00000105. The molecule has 1 saturated carbocycles. The van der Waals surface area contributed by atoms with Crippen LogP contribution in [0.4, 0.5) is 5.82 Å². The smallest absolute Gasteiger partial charge is 0.468 e. The minimum Gasteiger partial charge on any atom is -0.468 e. The predicted molar refractivity (Wildman–Crippen MR) is 154 cm³/mol. The largest absolute Gasteiger partial charge is 1.00 e. The SMILES string of the molecule is C=CC=O.C[N-]C(=NC1CC2CN(C)CC2C1)/C(C(=N)N)=C(\N)C1=CC=C(C(=O)Nc2cnccn2)C=CC1.[K+]. The molecule has 2 aliphatic carbocycles. The molecule has 4 rings (SSSR count). The van der Waals surface area contributed by atoms with E-state index in [0.717, 1.165) is 31.5 Å². The molecule has 0 spiro atoms. The average Bonchev–Trinajstić information content (AvgIpc) is 3.33. The summed E-state index contributed by atoms with van der Waals surface area (Å²) in [6, 6.07) is 0.152. The summed E-state index contributed by atoms with van der Waals surface area (Å²) in [7, 11) is 3.81. The number of nitrogens with one attached hydrogen (secondary N) is 2. The van der Waals surface area contributed by atoms with Crippen molar-refractivity contribution in [2.75, 3.05) is 32.5 Å². The van der Waals surface area contributed by atoms with Crippen LogP contribution < -0.4 is 68.2 Å². The number of hydrogen-bond donors (Lipinski definition) is 4. The van der Waals surface area contributed by atoms with Crippen molar-refractivity contribution >= 4 is 29.7 Å². The third-order valence-electron chi connectivity index (χ3n) is 6.80. The van der Waals surface area contributed by atoms with Crippen LogP contribution in [0.1, 0.15) is 19.3 Å². The molecule has 206 valence electrons. The third kappa shape index (κ3) is 9.15. The topological polar surface area (TPSA) is 178 Å². The maximum atomic E-state index is 12.6. The fourth-order valence-corrected chi connectivity index (χ4v) is 5.09. The molecule has 1 amide bonds. The molecule has 40 heavy (non-hydrogen) atoms. The molecule has 2 heterocycles. The first-order valence-corrected chi connectivity index (χ1v) is 12.7. The number of aldehydes is 1. The number of carbonyl (C=O) groups excluding carboxylic acids is 2. The van der Waals surface area contributed by atoms with Crippen LogP contribution in [0.25, 0.3) is 5.32 Å². The first-order valence-electron chi connectivity index (χ1n) is 12.7. The van der Waals surface area contributed by atoms with Crippen molar-refractivity contribution in [2.24, 2.45) is 28.3 Å². The van der Waals surface area contributed by atoms with Gasteiger partial charge in [-0.05, 0) is 61.9 Å². The summed E-state index contributed by atoms with van der Waals surface area (Å²) >= 11 is 0. The van der Waals surface area contributed by atoms with E-state index in [1.807, 2.05) is 6.08 Å². The van der Waals surface area contributed by atoms with Crippen LogP contribution in [0.2, 0.25) is 0 Å². The number of fused-ring (bicyclic) bond motifs is 1. The van der Waals surface area contributed by atoms with E-state index in [1.54, 1.807) is 25.3 Å². The van der Waals surface area contributed by atoms with Gasteiger partial charge < -0.3 is 32.0 Å². The number of nitrogens with zero attached hydrogens (tertiary/aromatic N) is 5. The fourth-order valence-electron chi connectivity index (χ4n) is 5.09. The monoisotopic (exact) mass is 569 g/mol. The Morgan fingerprint density at radius 1 is 1.25 bits per heavy atom. The number of hydrogen-bond acceptors (Lipinski definition) is 8. The van der Waals surface area contributed by atoms with Crippen molar-refractivity contribution in [2.45, 2.75) is 25.3 Å². The van der Waals surface area contributed by atoms with E-state index in [-0.39, 0.29) is 69.2 Å². The molecular weight excluding hydrogens is 533 g/mol. The van der Waals surface area contributed by atoms with Crippen molar-refractivity contribution in [3.8, 4) is 0 Å². The molecule has 1 aromatic rings. The molecule has 0 aromatic carbocycles. The second-order valence-corrected chi connectivity index (χ2v) is 9.58. The van der Waals surface area contributed by atoms with Gasteiger partial charge in [-0.3, -0.25) is 20.0 Å². The number of amides is 1. The van der Waals surface area contributed by atoms with Gasteiger partial charge in [0, 0.05) is 42.3 Å². The van der Waals surface area contributed by atoms with Crippen LogP contribution in [-0.2, 0) is 9.59 Å². The average molecular weight is 570 g/mol. The van der Waals surface area contributed by atoms with Crippen LogP contribution in [0.5, 0.6) is 0 Å². The standard InChI is InChI=1S/C25H33N9O.C3H4O.K/c1-29-24(32-19-10-17-13-34(2)14-18(17)11-19)21(23(27)28)22(26)15-4-3-5-16(7-6-15)25(35)33-20-12-30-8-9-31-20;1-2-3-4;/h3,5-9,12,17-19H,4,10-11,13-14H2,1-2H3,(H7,26,27,28,29,31,32,33,35);2-3H,1H2;/q;;+1/p-1. The van der Waals surface area contributed by atoms with Gasteiger partial charge in [0.1, 0.15) is 12.1 Å². The molecule has 1 aliphatic heterocycles. The van der Waals surface area contributed by atoms with E-state index in [0.29, 0.717) is 53.0 Å². The van der Waals surface area contributed by atoms with Crippen molar-refractivity contribution in [1.82, 2.24) is 14.9 Å². The van der Waals surface area contributed by atoms with Crippen molar-refractivity contribution in [1.29, 1.82) is 5.41 Å². The first-order chi connectivity index (χ1) is 18.8. The van der Waals surface area contributed by atoms with Gasteiger partial charge in [0.05, 0.1) is 6.20 Å². The second-order valence-electron chi connectivity index (χ2n) is 9.58. The van der Waals surface area contributed by atoms with Crippen LogP contribution in [-0.4, -0.2) is 72.0 Å². The summed E-state index contributed by atoms with van der Waals surface area (Å²) in [5, 5.41) is 15.3. The number of nitrogens with two attached hydrogens (primary N) is 2. The van der Waals surface area contributed by atoms with Crippen LogP contribution >= 0.6 is 0 Å². The van der Waals surface area contributed by atoms with Crippen LogP contribution in [0, 0.1) is 17.2 Å². The summed E-state index contributed by atoms with van der Waals surface area (Å²) in [4.78, 5) is 37.0. The van der Waals surface area contributed by atoms with Crippen molar-refractivity contribution in [3.63, 3.8) is 0 Å². The molecule has 12 heteroatoms. The Hall–Kier alpha value is -2.74. The van der Waals surface area contributed by atoms with Gasteiger partial charge in [-0.15, -0.1) is 0 Å². The summed E-state index contributed by atoms with van der Waals surface area (Å²) < 4.78 is 0.